The Morgan fingerprint density at radius 3 is 2.64 bits per heavy atom. The van der Waals surface area contributed by atoms with Crippen molar-refractivity contribution in [3.63, 3.8) is 0 Å². The molecule has 0 fully saturated rings. The quantitative estimate of drug-likeness (QED) is 0.878. The number of amides is 1. The Morgan fingerprint density at radius 1 is 1.36 bits per heavy atom. The van der Waals surface area contributed by atoms with E-state index in [0.29, 0.717) is 24.2 Å². The third-order valence-electron chi connectivity index (χ3n) is 4.08. The number of carbonyl (C=O) groups is 1. The van der Waals surface area contributed by atoms with Gasteiger partial charge in [0.05, 0.1) is 0 Å². The molecular formula is C17H25FN2O2. The average Bonchev–Trinajstić information content (AvgIpc) is 2.54. The summed E-state index contributed by atoms with van der Waals surface area (Å²) in [7, 11) is 1.58. The van der Waals surface area contributed by atoms with Gasteiger partial charge in [-0.25, -0.2) is 4.39 Å². The van der Waals surface area contributed by atoms with Crippen LogP contribution in [0.3, 0.4) is 0 Å². The van der Waals surface area contributed by atoms with Gasteiger partial charge < -0.3 is 10.1 Å². The van der Waals surface area contributed by atoms with Gasteiger partial charge in [0.2, 0.25) is 0 Å². The Labute approximate surface area is 131 Å². The zero-order valence-corrected chi connectivity index (χ0v) is 13.6. The summed E-state index contributed by atoms with van der Waals surface area (Å²) in [4.78, 5) is 14.4. The summed E-state index contributed by atoms with van der Waals surface area (Å²) in [6.07, 6.45) is 2.78. The van der Waals surface area contributed by atoms with E-state index < -0.39 is 5.82 Å². The summed E-state index contributed by atoms with van der Waals surface area (Å²) in [5.41, 5.74) is 1.20. The molecule has 1 aromatic rings. The molecule has 1 aliphatic heterocycles. The van der Waals surface area contributed by atoms with E-state index in [1.54, 1.807) is 13.1 Å². The second-order valence-corrected chi connectivity index (χ2v) is 5.69. The third-order valence-corrected chi connectivity index (χ3v) is 4.08. The SMILES string of the molecule is CCCN(CCC)[C@H]1COc2c(F)ccc(C(=O)NC)c2C1. The zero-order chi connectivity index (χ0) is 16.1. The Hall–Kier alpha value is -1.62. The molecule has 4 nitrogen and oxygen atoms in total. The predicted octanol–water partition coefficient (Wildman–Crippen LogP) is 2.61. The van der Waals surface area contributed by atoms with E-state index in [-0.39, 0.29) is 17.7 Å². The van der Waals surface area contributed by atoms with E-state index in [0.717, 1.165) is 25.9 Å². The molecular weight excluding hydrogens is 283 g/mol. The van der Waals surface area contributed by atoms with E-state index in [1.807, 2.05) is 0 Å². The van der Waals surface area contributed by atoms with Gasteiger partial charge in [0, 0.05) is 24.2 Å². The van der Waals surface area contributed by atoms with Crippen LogP contribution in [-0.2, 0) is 6.42 Å². The summed E-state index contributed by atoms with van der Waals surface area (Å²) in [5, 5.41) is 2.61. The lowest BCUT2D eigenvalue weighted by Gasteiger charge is -2.35. The minimum Gasteiger partial charge on any atom is -0.489 e. The lowest BCUT2D eigenvalue weighted by Crippen LogP contribution is -2.44. The molecule has 1 aliphatic rings. The van der Waals surface area contributed by atoms with E-state index in [2.05, 4.69) is 24.1 Å². The summed E-state index contributed by atoms with van der Waals surface area (Å²) in [6, 6.07) is 3.04. The highest BCUT2D eigenvalue weighted by atomic mass is 19.1. The van der Waals surface area contributed by atoms with Crippen molar-refractivity contribution in [2.24, 2.45) is 0 Å². The van der Waals surface area contributed by atoms with Crippen LogP contribution in [0.25, 0.3) is 0 Å². The molecule has 0 saturated heterocycles. The number of hydrogen-bond donors (Lipinski definition) is 1. The number of nitrogens with one attached hydrogen (secondary N) is 1. The standard InChI is InChI=1S/C17H25FN2O2/c1-4-8-20(9-5-2)12-10-14-13(17(21)19-3)6-7-15(18)16(14)22-11-12/h6-7,12H,4-5,8-11H2,1-3H3,(H,19,21)/t12-/m1/s1. The van der Waals surface area contributed by atoms with Crippen LogP contribution in [0, 0.1) is 5.82 Å². The molecule has 5 heteroatoms. The maximum absolute atomic E-state index is 14.0. The maximum atomic E-state index is 14.0. The molecule has 0 spiro atoms. The molecule has 2 rings (SSSR count). The van der Waals surface area contributed by atoms with E-state index >= 15 is 0 Å². The second kappa shape index (κ2) is 7.58. The fourth-order valence-corrected chi connectivity index (χ4v) is 3.07. The molecule has 22 heavy (non-hydrogen) atoms. The molecule has 0 aromatic heterocycles. The number of benzene rings is 1. The Kier molecular flexibility index (Phi) is 5.77. The van der Waals surface area contributed by atoms with Crippen LogP contribution in [0.5, 0.6) is 5.75 Å². The van der Waals surface area contributed by atoms with Crippen LogP contribution in [0.15, 0.2) is 12.1 Å². The summed E-state index contributed by atoms with van der Waals surface area (Å²) < 4.78 is 19.7. The molecule has 1 amide bonds. The molecule has 0 unspecified atom stereocenters. The highest BCUT2D eigenvalue weighted by Gasteiger charge is 2.29. The molecule has 122 valence electrons. The summed E-state index contributed by atoms with van der Waals surface area (Å²) >= 11 is 0. The van der Waals surface area contributed by atoms with Gasteiger partial charge in [0.25, 0.3) is 5.91 Å². The Balaban J connectivity index is 2.31. The maximum Gasteiger partial charge on any atom is 0.251 e. The van der Waals surface area contributed by atoms with Crippen LogP contribution in [-0.4, -0.2) is 43.6 Å². The average molecular weight is 308 g/mol. The summed E-state index contributed by atoms with van der Waals surface area (Å²) in [6.45, 7) is 6.75. The van der Waals surface area contributed by atoms with Crippen molar-refractivity contribution in [3.05, 3.63) is 29.1 Å². The first-order valence-corrected chi connectivity index (χ1v) is 8.02. The smallest absolute Gasteiger partial charge is 0.251 e. The first-order chi connectivity index (χ1) is 10.6. The molecule has 1 aromatic carbocycles. The van der Waals surface area contributed by atoms with Crippen molar-refractivity contribution in [3.8, 4) is 5.75 Å². The number of carbonyl (C=O) groups excluding carboxylic acids is 1. The monoisotopic (exact) mass is 308 g/mol. The van der Waals surface area contributed by atoms with Crippen molar-refractivity contribution in [2.75, 3.05) is 26.7 Å². The highest BCUT2D eigenvalue weighted by Crippen LogP contribution is 2.32. The first-order valence-electron chi connectivity index (χ1n) is 8.02. The zero-order valence-electron chi connectivity index (χ0n) is 13.6. The van der Waals surface area contributed by atoms with Gasteiger partial charge in [-0.05, 0) is 44.5 Å². The fraction of sp³-hybridized carbons (Fsp3) is 0.588. The van der Waals surface area contributed by atoms with Crippen LogP contribution < -0.4 is 10.1 Å². The van der Waals surface area contributed by atoms with Gasteiger partial charge >= 0.3 is 0 Å². The Bertz CT molecular complexity index is 528. The third kappa shape index (κ3) is 3.40. The van der Waals surface area contributed by atoms with E-state index in [4.69, 9.17) is 4.74 Å². The van der Waals surface area contributed by atoms with Gasteiger partial charge in [0.1, 0.15) is 6.61 Å². The van der Waals surface area contributed by atoms with E-state index in [9.17, 15) is 9.18 Å². The lowest BCUT2D eigenvalue weighted by atomic mass is 9.95. The van der Waals surface area contributed by atoms with Gasteiger partial charge in [0.15, 0.2) is 11.6 Å². The number of fused-ring (bicyclic) bond motifs is 1. The minimum atomic E-state index is -0.390. The molecule has 1 N–H and O–H groups in total. The van der Waals surface area contributed by atoms with E-state index in [1.165, 1.54) is 6.07 Å². The molecule has 0 radical (unpaired) electrons. The topological polar surface area (TPSA) is 41.6 Å². The number of hydrogen-bond acceptors (Lipinski definition) is 3. The molecule has 0 bridgehead atoms. The number of ether oxygens (including phenoxy) is 1. The number of rotatable bonds is 6. The number of halogens is 1. The van der Waals surface area contributed by atoms with Crippen molar-refractivity contribution < 1.29 is 13.9 Å². The first kappa shape index (κ1) is 16.7. The van der Waals surface area contributed by atoms with Gasteiger partial charge in [-0.1, -0.05) is 13.8 Å². The van der Waals surface area contributed by atoms with Crippen LogP contribution in [0.2, 0.25) is 0 Å². The van der Waals surface area contributed by atoms with Crippen molar-refractivity contribution >= 4 is 5.91 Å². The molecule has 1 heterocycles. The van der Waals surface area contributed by atoms with Crippen LogP contribution in [0.4, 0.5) is 4.39 Å². The molecule has 1 atom stereocenters. The number of nitrogens with zero attached hydrogens (tertiary/aromatic N) is 1. The second-order valence-electron chi connectivity index (χ2n) is 5.69. The van der Waals surface area contributed by atoms with Gasteiger partial charge in [-0.3, -0.25) is 9.69 Å². The van der Waals surface area contributed by atoms with Gasteiger partial charge in [-0.15, -0.1) is 0 Å². The normalized spacial score (nSPS) is 17.0. The largest absolute Gasteiger partial charge is 0.489 e. The van der Waals surface area contributed by atoms with Crippen molar-refractivity contribution in [2.45, 2.75) is 39.2 Å². The van der Waals surface area contributed by atoms with Gasteiger partial charge in [-0.2, -0.15) is 0 Å². The molecule has 0 saturated carbocycles. The van der Waals surface area contributed by atoms with Crippen LogP contribution in [0.1, 0.15) is 42.6 Å². The highest BCUT2D eigenvalue weighted by molar-refractivity contribution is 5.96. The lowest BCUT2D eigenvalue weighted by molar-refractivity contribution is 0.0950. The predicted molar refractivity (Wildman–Crippen MR) is 84.9 cm³/mol. The van der Waals surface area contributed by atoms with Crippen molar-refractivity contribution in [1.29, 1.82) is 0 Å². The van der Waals surface area contributed by atoms with Crippen molar-refractivity contribution in [1.82, 2.24) is 10.2 Å². The summed E-state index contributed by atoms with van der Waals surface area (Å²) in [5.74, 6) is -0.345. The minimum absolute atomic E-state index is 0.192. The fourth-order valence-electron chi connectivity index (χ4n) is 3.07. The van der Waals surface area contributed by atoms with Crippen LogP contribution >= 0.6 is 0 Å². The molecule has 0 aliphatic carbocycles. The Morgan fingerprint density at radius 2 is 2.05 bits per heavy atom.